The highest BCUT2D eigenvalue weighted by atomic mass is 16.4. The molecule has 0 spiro atoms. The molecule has 1 heterocycles. The summed E-state index contributed by atoms with van der Waals surface area (Å²) < 4.78 is 5.27. The molecule has 2 unspecified atom stereocenters. The van der Waals surface area contributed by atoms with Crippen molar-refractivity contribution >= 4 is 0 Å². The molecule has 2 rings (SSSR count). The van der Waals surface area contributed by atoms with Gasteiger partial charge in [0.25, 0.3) is 0 Å². The van der Waals surface area contributed by atoms with Crippen molar-refractivity contribution in [2.45, 2.75) is 32.3 Å². The average molecular weight is 206 g/mol. The van der Waals surface area contributed by atoms with E-state index in [2.05, 4.69) is 19.9 Å². The van der Waals surface area contributed by atoms with Crippen LogP contribution < -0.4 is 0 Å². The van der Waals surface area contributed by atoms with Gasteiger partial charge in [0.2, 0.25) is 0 Å². The number of hydrogen-bond acceptors (Lipinski definition) is 2. The zero-order chi connectivity index (χ0) is 10.9. The lowest BCUT2D eigenvalue weighted by molar-refractivity contribution is 0.0412. The molecular formula is C13H18O2. The van der Waals surface area contributed by atoms with Gasteiger partial charge in [-0.2, -0.15) is 0 Å². The third-order valence-electron chi connectivity index (χ3n) is 3.28. The Labute approximate surface area is 90.6 Å². The van der Waals surface area contributed by atoms with Gasteiger partial charge in [-0.1, -0.05) is 19.9 Å². The second kappa shape index (κ2) is 3.86. The SMILES string of the molecule is CC(C)C1C=CC(O)(c2ccco2)CC1. The van der Waals surface area contributed by atoms with Crippen molar-refractivity contribution in [3.63, 3.8) is 0 Å². The maximum atomic E-state index is 10.4. The molecule has 15 heavy (non-hydrogen) atoms. The fraction of sp³-hybridized carbons (Fsp3) is 0.538. The minimum absolute atomic E-state index is 0.584. The minimum Gasteiger partial charge on any atom is -0.466 e. The van der Waals surface area contributed by atoms with Crippen molar-refractivity contribution in [3.8, 4) is 0 Å². The molecule has 2 heteroatoms. The Balaban J connectivity index is 2.17. The fourth-order valence-electron chi connectivity index (χ4n) is 2.13. The molecule has 0 fully saturated rings. The van der Waals surface area contributed by atoms with Crippen LogP contribution >= 0.6 is 0 Å². The summed E-state index contributed by atoms with van der Waals surface area (Å²) in [5.74, 6) is 1.88. The van der Waals surface area contributed by atoms with E-state index in [4.69, 9.17) is 4.42 Å². The number of allylic oxidation sites excluding steroid dienone is 1. The Kier molecular flexibility index (Phi) is 2.70. The molecule has 0 aliphatic heterocycles. The van der Waals surface area contributed by atoms with Crippen molar-refractivity contribution < 1.29 is 9.52 Å². The van der Waals surface area contributed by atoms with Crippen molar-refractivity contribution in [1.82, 2.24) is 0 Å². The lowest BCUT2D eigenvalue weighted by atomic mass is 9.79. The summed E-state index contributed by atoms with van der Waals surface area (Å²) in [6.07, 6.45) is 7.39. The highest BCUT2D eigenvalue weighted by Gasteiger charge is 2.33. The molecule has 0 aromatic carbocycles. The number of aliphatic hydroxyl groups is 1. The smallest absolute Gasteiger partial charge is 0.140 e. The van der Waals surface area contributed by atoms with E-state index in [9.17, 15) is 5.11 Å². The van der Waals surface area contributed by atoms with Gasteiger partial charge in [0.15, 0.2) is 0 Å². The van der Waals surface area contributed by atoms with Crippen LogP contribution in [0.5, 0.6) is 0 Å². The third kappa shape index (κ3) is 2.00. The van der Waals surface area contributed by atoms with Crippen molar-refractivity contribution in [2.75, 3.05) is 0 Å². The van der Waals surface area contributed by atoms with Crippen LogP contribution in [0, 0.1) is 11.8 Å². The van der Waals surface area contributed by atoms with Crippen molar-refractivity contribution in [1.29, 1.82) is 0 Å². The minimum atomic E-state index is -0.880. The first-order valence-corrected chi connectivity index (χ1v) is 5.57. The van der Waals surface area contributed by atoms with Crippen LogP contribution in [0.2, 0.25) is 0 Å². The number of furan rings is 1. The van der Waals surface area contributed by atoms with Gasteiger partial charge < -0.3 is 9.52 Å². The monoisotopic (exact) mass is 206 g/mol. The summed E-state index contributed by atoms with van der Waals surface area (Å²) in [7, 11) is 0. The van der Waals surface area contributed by atoms with E-state index in [1.165, 1.54) is 0 Å². The van der Waals surface area contributed by atoms with Crippen LogP contribution in [0.4, 0.5) is 0 Å². The Bertz CT molecular complexity index is 337. The van der Waals surface area contributed by atoms with Gasteiger partial charge in [-0.3, -0.25) is 0 Å². The predicted octanol–water partition coefficient (Wildman–Crippen LogP) is 3.09. The summed E-state index contributed by atoms with van der Waals surface area (Å²) in [4.78, 5) is 0. The lowest BCUT2D eigenvalue weighted by Gasteiger charge is -2.30. The van der Waals surface area contributed by atoms with Crippen LogP contribution in [-0.2, 0) is 5.60 Å². The molecule has 1 aromatic heterocycles. The van der Waals surface area contributed by atoms with Gasteiger partial charge in [0.05, 0.1) is 6.26 Å². The zero-order valence-corrected chi connectivity index (χ0v) is 9.31. The van der Waals surface area contributed by atoms with E-state index in [-0.39, 0.29) is 0 Å². The molecule has 1 aliphatic rings. The summed E-state index contributed by atoms with van der Waals surface area (Å²) in [6.45, 7) is 4.43. The first-order chi connectivity index (χ1) is 7.12. The molecular weight excluding hydrogens is 188 g/mol. The van der Waals surface area contributed by atoms with Gasteiger partial charge in [-0.25, -0.2) is 0 Å². The van der Waals surface area contributed by atoms with Crippen LogP contribution in [0.25, 0.3) is 0 Å². The Hall–Kier alpha value is -1.02. The second-order valence-corrected chi connectivity index (χ2v) is 4.71. The molecule has 2 nitrogen and oxygen atoms in total. The first kappa shape index (κ1) is 10.5. The van der Waals surface area contributed by atoms with E-state index >= 15 is 0 Å². The third-order valence-corrected chi connectivity index (χ3v) is 3.28. The summed E-state index contributed by atoms with van der Waals surface area (Å²) >= 11 is 0. The molecule has 1 aliphatic carbocycles. The summed E-state index contributed by atoms with van der Waals surface area (Å²) in [5, 5.41) is 10.4. The highest BCUT2D eigenvalue weighted by molar-refractivity contribution is 5.20. The van der Waals surface area contributed by atoms with Crippen molar-refractivity contribution in [3.05, 3.63) is 36.3 Å². The largest absolute Gasteiger partial charge is 0.466 e. The maximum Gasteiger partial charge on any atom is 0.140 e. The Morgan fingerprint density at radius 2 is 2.33 bits per heavy atom. The number of hydrogen-bond donors (Lipinski definition) is 1. The van der Waals surface area contributed by atoms with Gasteiger partial charge in [0.1, 0.15) is 11.4 Å². The van der Waals surface area contributed by atoms with Crippen LogP contribution in [-0.4, -0.2) is 5.11 Å². The van der Waals surface area contributed by atoms with Gasteiger partial charge >= 0.3 is 0 Å². The maximum absolute atomic E-state index is 10.4. The summed E-state index contributed by atoms with van der Waals surface area (Å²) in [5.41, 5.74) is -0.880. The molecule has 0 bridgehead atoms. The molecule has 82 valence electrons. The molecule has 0 radical (unpaired) electrons. The first-order valence-electron chi connectivity index (χ1n) is 5.57. The topological polar surface area (TPSA) is 33.4 Å². The lowest BCUT2D eigenvalue weighted by Crippen LogP contribution is -2.27. The molecule has 0 saturated heterocycles. The Morgan fingerprint density at radius 3 is 2.80 bits per heavy atom. The molecule has 0 amide bonds. The van der Waals surface area contributed by atoms with Gasteiger partial charge in [-0.15, -0.1) is 0 Å². The second-order valence-electron chi connectivity index (χ2n) is 4.71. The van der Waals surface area contributed by atoms with E-state index in [1.807, 2.05) is 18.2 Å². The van der Waals surface area contributed by atoms with Crippen LogP contribution in [0.1, 0.15) is 32.4 Å². The fourth-order valence-corrected chi connectivity index (χ4v) is 2.13. The van der Waals surface area contributed by atoms with Crippen molar-refractivity contribution in [2.24, 2.45) is 11.8 Å². The molecule has 0 saturated carbocycles. The Morgan fingerprint density at radius 1 is 1.53 bits per heavy atom. The molecule has 1 aromatic rings. The highest BCUT2D eigenvalue weighted by Crippen LogP contribution is 2.36. The van der Waals surface area contributed by atoms with E-state index < -0.39 is 5.60 Å². The van der Waals surface area contributed by atoms with Crippen LogP contribution in [0.15, 0.2) is 35.0 Å². The van der Waals surface area contributed by atoms with E-state index in [0.717, 1.165) is 12.8 Å². The molecule has 1 N–H and O–H groups in total. The molecule has 2 atom stereocenters. The van der Waals surface area contributed by atoms with Gasteiger partial charge in [0, 0.05) is 0 Å². The van der Waals surface area contributed by atoms with E-state index in [0.29, 0.717) is 17.6 Å². The average Bonchev–Trinajstić information content (AvgIpc) is 2.71. The standard InChI is InChI=1S/C13H18O2/c1-10(2)11-5-7-13(14,8-6-11)12-4-3-9-15-12/h3-5,7,9-11,14H,6,8H2,1-2H3. The predicted molar refractivity (Wildman–Crippen MR) is 59.3 cm³/mol. The van der Waals surface area contributed by atoms with E-state index in [1.54, 1.807) is 6.26 Å². The number of rotatable bonds is 2. The quantitative estimate of drug-likeness (QED) is 0.754. The summed E-state index contributed by atoms with van der Waals surface area (Å²) in [6, 6.07) is 3.65. The normalized spacial score (nSPS) is 31.1. The zero-order valence-electron chi connectivity index (χ0n) is 9.31. The van der Waals surface area contributed by atoms with Gasteiger partial charge in [-0.05, 0) is 42.9 Å². The van der Waals surface area contributed by atoms with Crippen LogP contribution in [0.3, 0.4) is 0 Å².